The van der Waals surface area contributed by atoms with Crippen molar-refractivity contribution in [2.75, 3.05) is 11.9 Å². The van der Waals surface area contributed by atoms with Gasteiger partial charge in [-0.1, -0.05) is 23.7 Å². The maximum Gasteiger partial charge on any atom is 0.338 e. The summed E-state index contributed by atoms with van der Waals surface area (Å²) in [7, 11) is 0. The van der Waals surface area contributed by atoms with Crippen LogP contribution in [-0.4, -0.2) is 22.6 Å². The maximum absolute atomic E-state index is 13.8. The summed E-state index contributed by atoms with van der Waals surface area (Å²) in [5.41, 5.74) is 0.644. The van der Waals surface area contributed by atoms with E-state index < -0.39 is 17.3 Å². The molecule has 0 atom stereocenters. The number of nitrogens with zero attached hydrogens (tertiary/aromatic N) is 1. The summed E-state index contributed by atoms with van der Waals surface area (Å²) in [5.74, 6) is -2.22. The molecule has 4 nitrogen and oxygen atoms in total. The van der Waals surface area contributed by atoms with E-state index in [1.165, 1.54) is 6.20 Å². The minimum Gasteiger partial charge on any atom is -0.478 e. The molecule has 20 heavy (non-hydrogen) atoms. The standard InChI is InChI=1S/C14H12ClFN2O2/c15-10-3-1-9(2-4-10)5-7-17-13-12(16)11(14(19)20)6-8-18-13/h1-4,6,8H,5,7H2,(H,17,18)(H,19,20). The topological polar surface area (TPSA) is 62.2 Å². The number of anilines is 1. The van der Waals surface area contributed by atoms with Crippen LogP contribution in [0.3, 0.4) is 0 Å². The summed E-state index contributed by atoms with van der Waals surface area (Å²) in [5, 5.41) is 12.3. The number of carboxylic acids is 1. The minimum atomic E-state index is -1.31. The number of aromatic carboxylic acids is 1. The van der Waals surface area contributed by atoms with Gasteiger partial charge in [0.05, 0.1) is 0 Å². The molecule has 0 unspecified atom stereocenters. The Morgan fingerprint density at radius 1 is 1.30 bits per heavy atom. The van der Waals surface area contributed by atoms with Gasteiger partial charge in [0.1, 0.15) is 5.56 Å². The average Bonchev–Trinajstić information content (AvgIpc) is 2.42. The zero-order valence-corrected chi connectivity index (χ0v) is 11.2. The second kappa shape index (κ2) is 6.34. The molecule has 0 spiro atoms. The number of hydrogen-bond donors (Lipinski definition) is 2. The Morgan fingerprint density at radius 2 is 2.00 bits per heavy atom. The summed E-state index contributed by atoms with van der Waals surface area (Å²) in [6, 6.07) is 8.44. The lowest BCUT2D eigenvalue weighted by molar-refractivity contribution is 0.0692. The largest absolute Gasteiger partial charge is 0.478 e. The van der Waals surface area contributed by atoms with Crippen LogP contribution in [0.15, 0.2) is 36.5 Å². The number of nitrogens with one attached hydrogen (secondary N) is 1. The van der Waals surface area contributed by atoms with Crippen LogP contribution in [0.4, 0.5) is 10.2 Å². The maximum atomic E-state index is 13.8. The number of carboxylic acid groups (broad SMARTS) is 1. The van der Waals surface area contributed by atoms with Crippen molar-refractivity contribution >= 4 is 23.4 Å². The number of aromatic nitrogens is 1. The van der Waals surface area contributed by atoms with Crippen LogP contribution >= 0.6 is 11.6 Å². The number of hydrogen-bond acceptors (Lipinski definition) is 3. The Morgan fingerprint density at radius 3 is 2.65 bits per heavy atom. The summed E-state index contributed by atoms with van der Waals surface area (Å²) >= 11 is 5.78. The Labute approximate surface area is 120 Å². The fraction of sp³-hybridized carbons (Fsp3) is 0.143. The van der Waals surface area contributed by atoms with Crippen LogP contribution in [0.5, 0.6) is 0 Å². The smallest absolute Gasteiger partial charge is 0.338 e. The quantitative estimate of drug-likeness (QED) is 0.889. The van der Waals surface area contributed by atoms with Gasteiger partial charge in [-0.25, -0.2) is 14.2 Å². The molecule has 1 heterocycles. The van der Waals surface area contributed by atoms with Gasteiger partial charge in [-0.05, 0) is 30.2 Å². The summed E-state index contributed by atoms with van der Waals surface area (Å²) < 4.78 is 13.8. The van der Waals surface area contributed by atoms with Gasteiger partial charge in [0.25, 0.3) is 0 Å². The van der Waals surface area contributed by atoms with Gasteiger partial charge in [0.2, 0.25) is 0 Å². The van der Waals surface area contributed by atoms with Crippen molar-refractivity contribution in [3.05, 3.63) is 58.5 Å². The van der Waals surface area contributed by atoms with Crippen LogP contribution in [0.25, 0.3) is 0 Å². The minimum absolute atomic E-state index is 0.0566. The van der Waals surface area contributed by atoms with Crippen molar-refractivity contribution in [2.45, 2.75) is 6.42 Å². The molecule has 0 aliphatic heterocycles. The van der Waals surface area contributed by atoms with E-state index in [4.69, 9.17) is 16.7 Å². The third kappa shape index (κ3) is 3.45. The number of halogens is 2. The number of pyridine rings is 1. The van der Waals surface area contributed by atoms with E-state index >= 15 is 0 Å². The SMILES string of the molecule is O=C(O)c1ccnc(NCCc2ccc(Cl)cc2)c1F. The first kappa shape index (κ1) is 14.3. The molecule has 2 N–H and O–H groups in total. The summed E-state index contributed by atoms with van der Waals surface area (Å²) in [6.45, 7) is 0.439. The van der Waals surface area contributed by atoms with Gasteiger partial charge >= 0.3 is 5.97 Å². The lowest BCUT2D eigenvalue weighted by Gasteiger charge is -2.08. The molecule has 0 aliphatic carbocycles. The molecule has 0 saturated heterocycles. The highest BCUT2D eigenvalue weighted by molar-refractivity contribution is 6.30. The van der Waals surface area contributed by atoms with Gasteiger partial charge in [-0.2, -0.15) is 0 Å². The lowest BCUT2D eigenvalue weighted by atomic mass is 10.1. The zero-order valence-electron chi connectivity index (χ0n) is 10.4. The molecular weight excluding hydrogens is 283 g/mol. The normalized spacial score (nSPS) is 10.3. The Hall–Kier alpha value is -2.14. The van der Waals surface area contributed by atoms with E-state index in [1.54, 1.807) is 12.1 Å². The van der Waals surface area contributed by atoms with Crippen molar-refractivity contribution in [2.24, 2.45) is 0 Å². The monoisotopic (exact) mass is 294 g/mol. The first-order valence-corrected chi connectivity index (χ1v) is 6.32. The van der Waals surface area contributed by atoms with Crippen LogP contribution in [0, 0.1) is 5.82 Å². The van der Waals surface area contributed by atoms with Gasteiger partial charge in [0, 0.05) is 17.8 Å². The Kier molecular flexibility index (Phi) is 4.53. The van der Waals surface area contributed by atoms with E-state index in [1.807, 2.05) is 12.1 Å². The predicted molar refractivity (Wildman–Crippen MR) is 74.8 cm³/mol. The number of benzene rings is 1. The number of carbonyl (C=O) groups is 1. The molecular formula is C14H12ClFN2O2. The molecule has 104 valence electrons. The van der Waals surface area contributed by atoms with Crippen LogP contribution in [0.2, 0.25) is 5.02 Å². The van der Waals surface area contributed by atoms with Gasteiger partial charge in [0.15, 0.2) is 11.6 Å². The Balaban J connectivity index is 1.99. The van der Waals surface area contributed by atoms with Crippen molar-refractivity contribution in [1.82, 2.24) is 4.98 Å². The molecule has 0 amide bonds. The molecule has 6 heteroatoms. The second-order valence-corrected chi connectivity index (χ2v) is 4.57. The summed E-state index contributed by atoms with van der Waals surface area (Å²) in [4.78, 5) is 14.6. The fourth-order valence-corrected chi connectivity index (χ4v) is 1.83. The fourth-order valence-electron chi connectivity index (χ4n) is 1.71. The van der Waals surface area contributed by atoms with Crippen molar-refractivity contribution in [3.63, 3.8) is 0 Å². The zero-order chi connectivity index (χ0) is 14.5. The molecule has 2 aromatic rings. The van der Waals surface area contributed by atoms with E-state index in [9.17, 15) is 9.18 Å². The lowest BCUT2D eigenvalue weighted by Crippen LogP contribution is -2.11. The molecule has 2 rings (SSSR count). The van der Waals surface area contributed by atoms with Crippen LogP contribution in [-0.2, 0) is 6.42 Å². The first-order chi connectivity index (χ1) is 9.58. The molecule has 0 bridgehead atoms. The third-order valence-corrected chi connectivity index (χ3v) is 2.99. The highest BCUT2D eigenvalue weighted by Gasteiger charge is 2.14. The third-order valence-electron chi connectivity index (χ3n) is 2.74. The average molecular weight is 295 g/mol. The molecule has 0 saturated carbocycles. The molecule has 0 radical (unpaired) electrons. The molecule has 1 aromatic heterocycles. The molecule has 0 fully saturated rings. The van der Waals surface area contributed by atoms with E-state index in [-0.39, 0.29) is 5.82 Å². The number of rotatable bonds is 5. The van der Waals surface area contributed by atoms with Crippen molar-refractivity contribution in [3.8, 4) is 0 Å². The Bertz CT molecular complexity index is 617. The van der Waals surface area contributed by atoms with Crippen molar-refractivity contribution < 1.29 is 14.3 Å². The molecule has 0 aliphatic rings. The van der Waals surface area contributed by atoms with Gasteiger partial charge < -0.3 is 10.4 Å². The highest BCUT2D eigenvalue weighted by Crippen LogP contribution is 2.15. The van der Waals surface area contributed by atoms with Crippen molar-refractivity contribution in [1.29, 1.82) is 0 Å². The van der Waals surface area contributed by atoms with E-state index in [2.05, 4.69) is 10.3 Å². The van der Waals surface area contributed by atoms with Crippen LogP contribution in [0.1, 0.15) is 15.9 Å². The predicted octanol–water partition coefficient (Wildman–Crippen LogP) is 3.23. The molecule has 1 aromatic carbocycles. The second-order valence-electron chi connectivity index (χ2n) is 4.13. The van der Waals surface area contributed by atoms with Gasteiger partial charge in [-0.15, -0.1) is 0 Å². The highest BCUT2D eigenvalue weighted by atomic mass is 35.5. The van der Waals surface area contributed by atoms with E-state index in [0.29, 0.717) is 18.0 Å². The van der Waals surface area contributed by atoms with Crippen LogP contribution < -0.4 is 5.32 Å². The van der Waals surface area contributed by atoms with E-state index in [0.717, 1.165) is 11.6 Å². The van der Waals surface area contributed by atoms with Gasteiger partial charge in [-0.3, -0.25) is 0 Å². The summed E-state index contributed by atoms with van der Waals surface area (Å²) in [6.07, 6.45) is 1.91. The first-order valence-electron chi connectivity index (χ1n) is 5.94.